The van der Waals surface area contributed by atoms with Crippen molar-refractivity contribution >= 4 is 23.4 Å². The molecule has 5 heteroatoms. The molecule has 94 valence electrons. The van der Waals surface area contributed by atoms with Gasteiger partial charge in [0.1, 0.15) is 17.5 Å². The zero-order valence-electron chi connectivity index (χ0n) is 10.3. The first-order valence-corrected chi connectivity index (χ1v) is 7.56. The molecule has 1 aromatic rings. The summed E-state index contributed by atoms with van der Waals surface area (Å²) in [5.74, 6) is 4.14. The van der Waals surface area contributed by atoms with Gasteiger partial charge in [0, 0.05) is 18.5 Å². The standard InChI is InChI=1S/C12H20N4S/c1-17-7-3-2-6-14-11-8-10(13)15-12(16-11)9-4-5-9/h8-9H,2-7H2,1H3,(H3,13,14,15,16). The average Bonchev–Trinajstić information content (AvgIpc) is 3.12. The molecule has 4 nitrogen and oxygen atoms in total. The van der Waals surface area contributed by atoms with Crippen molar-refractivity contribution in [1.29, 1.82) is 0 Å². The van der Waals surface area contributed by atoms with Crippen LogP contribution < -0.4 is 11.1 Å². The summed E-state index contributed by atoms with van der Waals surface area (Å²) >= 11 is 1.89. The van der Waals surface area contributed by atoms with Crippen molar-refractivity contribution < 1.29 is 0 Å². The molecule has 0 bridgehead atoms. The predicted octanol–water partition coefficient (Wildman–Crippen LogP) is 2.49. The quantitative estimate of drug-likeness (QED) is 0.730. The van der Waals surface area contributed by atoms with Crippen LogP contribution in [0.3, 0.4) is 0 Å². The minimum Gasteiger partial charge on any atom is -0.384 e. The van der Waals surface area contributed by atoms with Crippen molar-refractivity contribution in [2.75, 3.05) is 29.6 Å². The summed E-state index contributed by atoms with van der Waals surface area (Å²) in [4.78, 5) is 8.78. The first-order valence-electron chi connectivity index (χ1n) is 6.17. The number of anilines is 2. The molecule has 0 saturated heterocycles. The van der Waals surface area contributed by atoms with Crippen molar-refractivity contribution in [3.63, 3.8) is 0 Å². The topological polar surface area (TPSA) is 63.8 Å². The number of aromatic nitrogens is 2. The Labute approximate surface area is 107 Å². The lowest BCUT2D eigenvalue weighted by Gasteiger charge is -2.07. The van der Waals surface area contributed by atoms with E-state index in [0.29, 0.717) is 11.7 Å². The molecule has 0 aliphatic heterocycles. The summed E-state index contributed by atoms with van der Waals surface area (Å²) in [5.41, 5.74) is 5.78. The van der Waals surface area contributed by atoms with Crippen LogP contribution in [0.2, 0.25) is 0 Å². The van der Waals surface area contributed by atoms with Crippen molar-refractivity contribution in [2.45, 2.75) is 31.6 Å². The van der Waals surface area contributed by atoms with E-state index in [-0.39, 0.29) is 0 Å². The lowest BCUT2D eigenvalue weighted by Crippen LogP contribution is -2.07. The smallest absolute Gasteiger partial charge is 0.136 e. The fraction of sp³-hybridized carbons (Fsp3) is 0.667. The Hall–Kier alpha value is -0.970. The van der Waals surface area contributed by atoms with Gasteiger partial charge in [-0.05, 0) is 37.7 Å². The predicted molar refractivity (Wildman–Crippen MR) is 74.5 cm³/mol. The van der Waals surface area contributed by atoms with E-state index >= 15 is 0 Å². The van der Waals surface area contributed by atoms with Crippen LogP contribution in [0.4, 0.5) is 11.6 Å². The number of hydrogen-bond donors (Lipinski definition) is 2. The summed E-state index contributed by atoms with van der Waals surface area (Å²) < 4.78 is 0. The molecule has 1 aromatic heterocycles. The lowest BCUT2D eigenvalue weighted by molar-refractivity contribution is 0.834. The van der Waals surface area contributed by atoms with Gasteiger partial charge in [0.05, 0.1) is 0 Å². The maximum absolute atomic E-state index is 5.78. The van der Waals surface area contributed by atoms with Crippen molar-refractivity contribution in [3.05, 3.63) is 11.9 Å². The Bertz CT molecular complexity index is 366. The minimum absolute atomic E-state index is 0.551. The van der Waals surface area contributed by atoms with Crippen LogP contribution in [0.25, 0.3) is 0 Å². The summed E-state index contributed by atoms with van der Waals surface area (Å²) in [6.07, 6.45) is 6.96. The Balaban J connectivity index is 1.82. The monoisotopic (exact) mass is 252 g/mol. The summed E-state index contributed by atoms with van der Waals surface area (Å²) in [6, 6.07) is 1.82. The van der Waals surface area contributed by atoms with E-state index in [9.17, 15) is 0 Å². The SMILES string of the molecule is CSCCCCNc1cc(N)nc(C2CC2)n1. The van der Waals surface area contributed by atoms with Crippen LogP contribution in [-0.2, 0) is 0 Å². The van der Waals surface area contributed by atoms with Crippen LogP contribution >= 0.6 is 11.8 Å². The van der Waals surface area contributed by atoms with Crippen LogP contribution in [0.15, 0.2) is 6.07 Å². The third kappa shape index (κ3) is 4.07. The molecule has 1 heterocycles. The van der Waals surface area contributed by atoms with E-state index < -0.39 is 0 Å². The van der Waals surface area contributed by atoms with E-state index in [4.69, 9.17) is 5.73 Å². The number of nitrogens with zero attached hydrogens (tertiary/aromatic N) is 2. The molecule has 0 aromatic carbocycles. The van der Waals surface area contributed by atoms with Crippen molar-refractivity contribution in [2.24, 2.45) is 0 Å². The molecule has 17 heavy (non-hydrogen) atoms. The molecule has 0 radical (unpaired) electrons. The molecule has 0 spiro atoms. The highest BCUT2D eigenvalue weighted by atomic mass is 32.2. The summed E-state index contributed by atoms with van der Waals surface area (Å²) in [5, 5.41) is 3.33. The van der Waals surface area contributed by atoms with Crippen LogP contribution in [-0.4, -0.2) is 28.5 Å². The van der Waals surface area contributed by atoms with E-state index in [1.54, 1.807) is 0 Å². The summed E-state index contributed by atoms with van der Waals surface area (Å²) in [7, 11) is 0. The van der Waals surface area contributed by atoms with Gasteiger partial charge >= 0.3 is 0 Å². The Morgan fingerprint density at radius 1 is 1.41 bits per heavy atom. The number of hydrogen-bond acceptors (Lipinski definition) is 5. The third-order valence-electron chi connectivity index (χ3n) is 2.79. The third-order valence-corrected chi connectivity index (χ3v) is 3.48. The van der Waals surface area contributed by atoms with Crippen molar-refractivity contribution in [3.8, 4) is 0 Å². The van der Waals surface area contributed by atoms with Crippen LogP contribution in [0.1, 0.15) is 37.4 Å². The van der Waals surface area contributed by atoms with Gasteiger partial charge in [-0.25, -0.2) is 9.97 Å². The molecule has 0 atom stereocenters. The highest BCUT2D eigenvalue weighted by Crippen LogP contribution is 2.38. The maximum Gasteiger partial charge on any atom is 0.136 e. The van der Waals surface area contributed by atoms with E-state index in [2.05, 4.69) is 21.5 Å². The second kappa shape index (κ2) is 6.10. The van der Waals surface area contributed by atoms with Gasteiger partial charge in [0.15, 0.2) is 0 Å². The van der Waals surface area contributed by atoms with Gasteiger partial charge in [-0.3, -0.25) is 0 Å². The fourth-order valence-electron chi connectivity index (χ4n) is 1.69. The maximum atomic E-state index is 5.78. The van der Waals surface area contributed by atoms with E-state index in [1.165, 1.54) is 31.4 Å². The van der Waals surface area contributed by atoms with Crippen LogP contribution in [0.5, 0.6) is 0 Å². The second-order valence-electron chi connectivity index (χ2n) is 4.44. The first-order chi connectivity index (χ1) is 8.29. The largest absolute Gasteiger partial charge is 0.384 e. The van der Waals surface area contributed by atoms with Gasteiger partial charge in [-0.15, -0.1) is 0 Å². The number of rotatable bonds is 7. The zero-order valence-corrected chi connectivity index (χ0v) is 11.1. The van der Waals surface area contributed by atoms with Gasteiger partial charge in [0.25, 0.3) is 0 Å². The number of nitrogens with one attached hydrogen (secondary N) is 1. The van der Waals surface area contributed by atoms with E-state index in [0.717, 1.165) is 18.2 Å². The molecule has 1 aliphatic carbocycles. The zero-order chi connectivity index (χ0) is 12.1. The Morgan fingerprint density at radius 3 is 2.94 bits per heavy atom. The number of nitrogen functional groups attached to an aromatic ring is 1. The first kappa shape index (κ1) is 12.5. The molecule has 2 rings (SSSR count). The highest BCUT2D eigenvalue weighted by molar-refractivity contribution is 7.98. The van der Waals surface area contributed by atoms with Gasteiger partial charge in [-0.2, -0.15) is 11.8 Å². The van der Waals surface area contributed by atoms with Gasteiger partial charge in [-0.1, -0.05) is 0 Å². The molecule has 1 saturated carbocycles. The lowest BCUT2D eigenvalue weighted by atomic mass is 10.3. The fourth-order valence-corrected chi connectivity index (χ4v) is 2.18. The molecule has 1 fully saturated rings. The second-order valence-corrected chi connectivity index (χ2v) is 5.42. The molecule has 3 N–H and O–H groups in total. The molecular weight excluding hydrogens is 232 g/mol. The van der Waals surface area contributed by atoms with E-state index in [1.807, 2.05) is 17.8 Å². The molecule has 0 amide bonds. The Morgan fingerprint density at radius 2 is 2.24 bits per heavy atom. The van der Waals surface area contributed by atoms with Crippen molar-refractivity contribution in [1.82, 2.24) is 9.97 Å². The average molecular weight is 252 g/mol. The number of unbranched alkanes of at least 4 members (excludes halogenated alkanes) is 1. The normalized spacial score (nSPS) is 14.9. The Kier molecular flexibility index (Phi) is 4.48. The summed E-state index contributed by atoms with van der Waals surface area (Å²) in [6.45, 7) is 0.959. The van der Waals surface area contributed by atoms with Crippen LogP contribution in [0, 0.1) is 0 Å². The molecule has 1 aliphatic rings. The molecular formula is C12H20N4S. The molecule has 0 unspecified atom stereocenters. The van der Waals surface area contributed by atoms with Gasteiger partial charge < -0.3 is 11.1 Å². The van der Waals surface area contributed by atoms with Gasteiger partial charge in [0.2, 0.25) is 0 Å². The number of thioether (sulfide) groups is 1. The minimum atomic E-state index is 0.551. The number of nitrogens with two attached hydrogens (primary N) is 1. The highest BCUT2D eigenvalue weighted by Gasteiger charge is 2.27.